The third-order valence-corrected chi connectivity index (χ3v) is 3.60. The molecule has 0 unspecified atom stereocenters. The fraction of sp³-hybridized carbons (Fsp3) is 0.294. The smallest absolute Gasteiger partial charge is 0.0202 e. The zero-order valence-corrected chi connectivity index (χ0v) is 10.8. The summed E-state index contributed by atoms with van der Waals surface area (Å²) in [4.78, 5) is 0. The normalized spacial score (nSPS) is 14.7. The van der Waals surface area contributed by atoms with Crippen molar-refractivity contribution in [3.63, 3.8) is 0 Å². The summed E-state index contributed by atoms with van der Waals surface area (Å²) < 4.78 is 0. The van der Waals surface area contributed by atoms with E-state index in [1.807, 2.05) is 7.05 Å². The van der Waals surface area contributed by atoms with Gasteiger partial charge in [0.05, 0.1) is 0 Å². The first-order valence-corrected chi connectivity index (χ1v) is 6.71. The maximum Gasteiger partial charge on any atom is 0.0202 e. The maximum atomic E-state index is 3.19. The third kappa shape index (κ3) is 2.46. The van der Waals surface area contributed by atoms with E-state index in [4.69, 9.17) is 0 Å². The molecule has 18 heavy (non-hydrogen) atoms. The van der Waals surface area contributed by atoms with Crippen molar-refractivity contribution in [2.24, 2.45) is 0 Å². The zero-order valence-electron chi connectivity index (χ0n) is 10.8. The van der Waals surface area contributed by atoms with E-state index < -0.39 is 0 Å². The Bertz CT molecular complexity index is 524. The summed E-state index contributed by atoms with van der Waals surface area (Å²) in [5, 5.41) is 3.19. The van der Waals surface area contributed by atoms with Crippen LogP contribution in [0.5, 0.6) is 0 Å². The maximum absolute atomic E-state index is 3.19. The molecule has 92 valence electrons. The van der Waals surface area contributed by atoms with E-state index in [1.54, 1.807) is 0 Å². The van der Waals surface area contributed by atoms with Gasteiger partial charge in [-0.05, 0) is 54.1 Å². The second kappa shape index (κ2) is 4.95. The largest absolute Gasteiger partial charge is 0.316 e. The third-order valence-electron chi connectivity index (χ3n) is 3.60. The van der Waals surface area contributed by atoms with Gasteiger partial charge in [0, 0.05) is 6.54 Å². The lowest BCUT2D eigenvalue weighted by Crippen LogP contribution is -2.04. The van der Waals surface area contributed by atoms with Crippen LogP contribution < -0.4 is 5.32 Å². The molecule has 0 amide bonds. The molecule has 0 heterocycles. The molecule has 0 aliphatic heterocycles. The summed E-state index contributed by atoms with van der Waals surface area (Å²) in [6.45, 7) is 0.925. The average Bonchev–Trinajstić information content (AvgIpc) is 3.24. The van der Waals surface area contributed by atoms with Crippen LogP contribution in [0, 0.1) is 0 Å². The van der Waals surface area contributed by atoms with Crippen LogP contribution in [0.25, 0.3) is 11.1 Å². The van der Waals surface area contributed by atoms with Crippen molar-refractivity contribution in [1.82, 2.24) is 5.32 Å². The Kier molecular flexibility index (Phi) is 3.16. The Morgan fingerprint density at radius 1 is 1.00 bits per heavy atom. The number of nitrogens with one attached hydrogen (secondary N) is 1. The minimum atomic E-state index is 0.842. The van der Waals surface area contributed by atoms with Gasteiger partial charge in [-0.1, -0.05) is 42.5 Å². The Labute approximate surface area is 109 Å². The summed E-state index contributed by atoms with van der Waals surface area (Å²) >= 11 is 0. The first-order chi connectivity index (χ1) is 8.86. The highest BCUT2D eigenvalue weighted by atomic mass is 14.8. The van der Waals surface area contributed by atoms with Gasteiger partial charge in [0.2, 0.25) is 0 Å². The van der Waals surface area contributed by atoms with Gasteiger partial charge >= 0.3 is 0 Å². The summed E-state index contributed by atoms with van der Waals surface area (Å²) in [6, 6.07) is 17.8. The van der Waals surface area contributed by atoms with Crippen LogP contribution >= 0.6 is 0 Å². The summed E-state index contributed by atoms with van der Waals surface area (Å²) in [5.41, 5.74) is 5.47. The minimum absolute atomic E-state index is 0.842. The van der Waals surface area contributed by atoms with Crippen molar-refractivity contribution in [2.45, 2.75) is 25.3 Å². The van der Waals surface area contributed by atoms with Gasteiger partial charge in [-0.15, -0.1) is 0 Å². The molecular formula is C17H19N. The molecule has 1 aliphatic rings. The highest BCUT2D eigenvalue weighted by Gasteiger charge is 2.22. The van der Waals surface area contributed by atoms with Crippen LogP contribution in [-0.2, 0) is 6.54 Å². The van der Waals surface area contributed by atoms with Crippen LogP contribution in [0.1, 0.15) is 29.9 Å². The highest BCUT2D eigenvalue weighted by Crippen LogP contribution is 2.40. The van der Waals surface area contributed by atoms with Gasteiger partial charge in [-0.3, -0.25) is 0 Å². The van der Waals surface area contributed by atoms with Gasteiger partial charge in [-0.25, -0.2) is 0 Å². The van der Waals surface area contributed by atoms with Crippen LogP contribution in [-0.4, -0.2) is 7.05 Å². The van der Waals surface area contributed by atoms with Crippen molar-refractivity contribution >= 4 is 0 Å². The molecular weight excluding hydrogens is 218 g/mol. The van der Waals surface area contributed by atoms with E-state index in [2.05, 4.69) is 53.8 Å². The lowest BCUT2D eigenvalue weighted by molar-refractivity contribution is 0.818. The Hall–Kier alpha value is -1.60. The van der Waals surface area contributed by atoms with Crippen LogP contribution in [0.3, 0.4) is 0 Å². The molecule has 0 bridgehead atoms. The van der Waals surface area contributed by atoms with E-state index in [0.29, 0.717) is 0 Å². The second-order valence-corrected chi connectivity index (χ2v) is 5.13. The quantitative estimate of drug-likeness (QED) is 0.849. The van der Waals surface area contributed by atoms with Crippen LogP contribution in [0.4, 0.5) is 0 Å². The fourth-order valence-electron chi connectivity index (χ4n) is 2.43. The van der Waals surface area contributed by atoms with E-state index >= 15 is 0 Å². The van der Waals surface area contributed by atoms with E-state index in [-0.39, 0.29) is 0 Å². The summed E-state index contributed by atoms with van der Waals surface area (Å²) in [7, 11) is 1.98. The van der Waals surface area contributed by atoms with Crippen molar-refractivity contribution in [2.75, 3.05) is 7.05 Å². The lowest BCUT2D eigenvalue weighted by atomic mass is 10.0. The lowest BCUT2D eigenvalue weighted by Gasteiger charge is -2.06. The molecule has 2 aromatic carbocycles. The van der Waals surface area contributed by atoms with E-state index in [9.17, 15) is 0 Å². The second-order valence-electron chi connectivity index (χ2n) is 5.13. The molecule has 1 nitrogen and oxygen atoms in total. The number of hydrogen-bond donors (Lipinski definition) is 1. The van der Waals surface area contributed by atoms with Crippen molar-refractivity contribution in [3.05, 3.63) is 59.7 Å². The van der Waals surface area contributed by atoms with E-state index in [1.165, 1.54) is 35.1 Å². The Morgan fingerprint density at radius 3 is 2.44 bits per heavy atom. The van der Waals surface area contributed by atoms with Gasteiger partial charge in [-0.2, -0.15) is 0 Å². The molecule has 2 aromatic rings. The molecule has 0 aromatic heterocycles. The first-order valence-electron chi connectivity index (χ1n) is 6.71. The van der Waals surface area contributed by atoms with Crippen molar-refractivity contribution in [3.8, 4) is 11.1 Å². The molecule has 3 rings (SSSR count). The fourth-order valence-corrected chi connectivity index (χ4v) is 2.43. The van der Waals surface area contributed by atoms with Crippen LogP contribution in [0.15, 0.2) is 48.5 Å². The first kappa shape index (κ1) is 11.5. The summed E-state index contributed by atoms with van der Waals surface area (Å²) in [5.74, 6) is 0.842. The van der Waals surface area contributed by atoms with E-state index in [0.717, 1.165) is 12.5 Å². The van der Waals surface area contributed by atoms with Gasteiger partial charge in [0.15, 0.2) is 0 Å². The van der Waals surface area contributed by atoms with Crippen molar-refractivity contribution in [1.29, 1.82) is 0 Å². The molecule has 1 heteroatoms. The van der Waals surface area contributed by atoms with Crippen molar-refractivity contribution < 1.29 is 0 Å². The number of hydrogen-bond acceptors (Lipinski definition) is 1. The molecule has 1 aliphatic carbocycles. The molecule has 1 saturated carbocycles. The molecule has 0 radical (unpaired) electrons. The Balaban J connectivity index is 1.86. The number of rotatable bonds is 4. The summed E-state index contributed by atoms with van der Waals surface area (Å²) in [6.07, 6.45) is 2.74. The van der Waals surface area contributed by atoms with Gasteiger partial charge in [0.25, 0.3) is 0 Å². The van der Waals surface area contributed by atoms with Crippen LogP contribution in [0.2, 0.25) is 0 Å². The standard InChI is InChI=1S/C17H19N/c1-18-12-13-3-2-4-17(11-13)16-9-7-15(8-10-16)14-5-6-14/h2-4,7-11,14,18H,5-6,12H2,1H3. The topological polar surface area (TPSA) is 12.0 Å². The zero-order chi connectivity index (χ0) is 12.4. The highest BCUT2D eigenvalue weighted by molar-refractivity contribution is 5.64. The molecule has 0 saturated heterocycles. The number of benzene rings is 2. The molecule has 1 N–H and O–H groups in total. The predicted molar refractivity (Wildman–Crippen MR) is 76.6 cm³/mol. The predicted octanol–water partition coefficient (Wildman–Crippen LogP) is 3.95. The minimum Gasteiger partial charge on any atom is -0.316 e. The Morgan fingerprint density at radius 2 is 1.78 bits per heavy atom. The van der Waals surface area contributed by atoms with Gasteiger partial charge in [0.1, 0.15) is 0 Å². The average molecular weight is 237 g/mol. The molecule has 0 spiro atoms. The SMILES string of the molecule is CNCc1cccc(-c2ccc(C3CC3)cc2)c1. The molecule has 1 fully saturated rings. The molecule has 0 atom stereocenters. The van der Waals surface area contributed by atoms with Gasteiger partial charge < -0.3 is 5.32 Å². The monoisotopic (exact) mass is 237 g/mol.